The topological polar surface area (TPSA) is 101 Å². The molecule has 0 saturated heterocycles. The largest absolute Gasteiger partial charge is 0.456 e. The Labute approximate surface area is 132 Å². The van der Waals surface area contributed by atoms with Crippen molar-refractivity contribution in [1.82, 2.24) is 19.9 Å². The average Bonchev–Trinajstić information content (AvgIpc) is 2.80. The molecular formula is C15H17N5O3. The maximum Gasteiger partial charge on any atom is 0.327 e. The lowest BCUT2D eigenvalue weighted by Crippen LogP contribution is -2.18. The first-order chi connectivity index (χ1) is 10.9. The SMILES string of the molecule is C=N/C(=C\C(=C/C)Oc1cnc2[nH]c(=O)n(C)c2c1)NC(C)=O. The number of amides is 1. The van der Waals surface area contributed by atoms with Gasteiger partial charge in [-0.3, -0.25) is 14.3 Å². The van der Waals surface area contributed by atoms with Crippen LogP contribution in [0.3, 0.4) is 0 Å². The molecule has 2 heterocycles. The molecule has 2 N–H and O–H groups in total. The van der Waals surface area contributed by atoms with Gasteiger partial charge in [-0.25, -0.2) is 14.8 Å². The number of rotatable bonds is 5. The zero-order valence-corrected chi connectivity index (χ0v) is 13.1. The van der Waals surface area contributed by atoms with Crippen molar-refractivity contribution < 1.29 is 9.53 Å². The van der Waals surface area contributed by atoms with Gasteiger partial charge >= 0.3 is 5.69 Å². The van der Waals surface area contributed by atoms with Gasteiger partial charge in [0.1, 0.15) is 17.3 Å². The van der Waals surface area contributed by atoms with Crippen LogP contribution in [0.5, 0.6) is 5.75 Å². The van der Waals surface area contributed by atoms with Crippen molar-refractivity contribution in [3.05, 3.63) is 46.5 Å². The van der Waals surface area contributed by atoms with Crippen LogP contribution in [0.4, 0.5) is 0 Å². The summed E-state index contributed by atoms with van der Waals surface area (Å²) in [7, 11) is 1.64. The lowest BCUT2D eigenvalue weighted by molar-refractivity contribution is -0.118. The van der Waals surface area contributed by atoms with Crippen LogP contribution in [-0.2, 0) is 11.8 Å². The van der Waals surface area contributed by atoms with E-state index in [0.29, 0.717) is 22.7 Å². The number of aromatic nitrogens is 3. The van der Waals surface area contributed by atoms with Crippen molar-refractivity contribution in [2.45, 2.75) is 13.8 Å². The molecule has 2 rings (SSSR count). The molecule has 0 spiro atoms. The second kappa shape index (κ2) is 6.73. The van der Waals surface area contributed by atoms with Crippen molar-refractivity contribution >= 4 is 23.8 Å². The fraction of sp³-hybridized carbons (Fsp3) is 0.200. The molecule has 2 aromatic heterocycles. The minimum atomic E-state index is -0.260. The smallest absolute Gasteiger partial charge is 0.327 e. The van der Waals surface area contributed by atoms with E-state index in [1.54, 1.807) is 26.1 Å². The van der Waals surface area contributed by atoms with E-state index in [1.165, 1.54) is 23.8 Å². The molecule has 0 unspecified atom stereocenters. The number of aryl methyl sites for hydroxylation is 1. The standard InChI is InChI=1S/C15H17N5O3/c1-5-10(7-13(16-3)18-9(2)21)23-11-6-12-14(17-8-11)19-15(22)20(12)4/h5-8H,3H2,1-2,4H3,(H,18,21)(H,17,19,22)/b10-5+,13-7+. The minimum Gasteiger partial charge on any atom is -0.456 e. The molecule has 0 bridgehead atoms. The van der Waals surface area contributed by atoms with Gasteiger partial charge in [0, 0.05) is 26.1 Å². The van der Waals surface area contributed by atoms with Crippen molar-refractivity contribution in [1.29, 1.82) is 0 Å². The van der Waals surface area contributed by atoms with Crippen LogP contribution in [0.2, 0.25) is 0 Å². The second-order valence-corrected chi connectivity index (χ2v) is 4.69. The molecule has 23 heavy (non-hydrogen) atoms. The van der Waals surface area contributed by atoms with E-state index >= 15 is 0 Å². The molecule has 1 amide bonds. The summed E-state index contributed by atoms with van der Waals surface area (Å²) in [6, 6.07) is 1.69. The average molecular weight is 315 g/mol. The number of fused-ring (bicyclic) bond motifs is 1. The second-order valence-electron chi connectivity index (χ2n) is 4.69. The van der Waals surface area contributed by atoms with Crippen LogP contribution >= 0.6 is 0 Å². The van der Waals surface area contributed by atoms with Gasteiger partial charge in [-0.1, -0.05) is 0 Å². The first kappa shape index (κ1) is 16.2. The van der Waals surface area contributed by atoms with Crippen LogP contribution < -0.4 is 15.7 Å². The van der Waals surface area contributed by atoms with Crippen molar-refractivity contribution in [3.8, 4) is 5.75 Å². The Morgan fingerprint density at radius 1 is 1.57 bits per heavy atom. The van der Waals surface area contributed by atoms with Crippen LogP contribution in [0.15, 0.2) is 45.8 Å². The molecule has 0 aliphatic rings. The highest BCUT2D eigenvalue weighted by atomic mass is 16.5. The number of aliphatic imine (C=N–C) groups is 1. The molecule has 8 nitrogen and oxygen atoms in total. The summed E-state index contributed by atoms with van der Waals surface area (Å²) in [6.45, 7) is 6.54. The lowest BCUT2D eigenvalue weighted by atomic mass is 10.3. The molecular weight excluding hydrogens is 298 g/mol. The number of nitrogens with one attached hydrogen (secondary N) is 2. The lowest BCUT2D eigenvalue weighted by Gasteiger charge is -2.08. The van der Waals surface area contributed by atoms with Crippen LogP contribution in [-0.4, -0.2) is 27.2 Å². The molecule has 0 saturated carbocycles. The third-order valence-corrected chi connectivity index (χ3v) is 3.01. The van der Waals surface area contributed by atoms with Crippen LogP contribution in [0, 0.1) is 0 Å². The van der Waals surface area contributed by atoms with E-state index in [2.05, 4.69) is 27.0 Å². The first-order valence-electron chi connectivity index (χ1n) is 6.79. The van der Waals surface area contributed by atoms with E-state index in [9.17, 15) is 9.59 Å². The predicted octanol–water partition coefficient (Wildman–Crippen LogP) is 1.22. The van der Waals surface area contributed by atoms with Gasteiger partial charge in [0.15, 0.2) is 5.65 Å². The van der Waals surface area contributed by atoms with Gasteiger partial charge < -0.3 is 10.1 Å². The fourth-order valence-electron chi connectivity index (χ4n) is 1.88. The van der Waals surface area contributed by atoms with Crippen molar-refractivity contribution in [2.75, 3.05) is 0 Å². The molecule has 0 atom stereocenters. The van der Waals surface area contributed by atoms with E-state index in [4.69, 9.17) is 4.74 Å². The maximum atomic E-state index is 11.6. The molecule has 0 aliphatic heterocycles. The predicted molar refractivity (Wildman–Crippen MR) is 87.2 cm³/mol. The highest BCUT2D eigenvalue weighted by Gasteiger charge is 2.07. The third kappa shape index (κ3) is 3.73. The van der Waals surface area contributed by atoms with Gasteiger partial charge in [0.25, 0.3) is 0 Å². The number of ether oxygens (including phenoxy) is 1. The quantitative estimate of drug-likeness (QED) is 0.492. The number of hydrogen-bond acceptors (Lipinski definition) is 5. The Morgan fingerprint density at radius 2 is 2.30 bits per heavy atom. The van der Waals surface area contributed by atoms with Gasteiger partial charge in [0.2, 0.25) is 5.91 Å². The summed E-state index contributed by atoms with van der Waals surface area (Å²) in [5.74, 6) is 0.906. The number of allylic oxidation sites excluding steroid dienone is 2. The number of aromatic amines is 1. The fourth-order valence-corrected chi connectivity index (χ4v) is 1.88. The molecule has 0 radical (unpaired) electrons. The first-order valence-corrected chi connectivity index (χ1v) is 6.79. The number of carbonyl (C=O) groups excluding carboxylic acids is 1. The summed E-state index contributed by atoms with van der Waals surface area (Å²) < 4.78 is 7.14. The number of carbonyl (C=O) groups is 1. The zero-order valence-electron chi connectivity index (χ0n) is 13.1. The summed E-state index contributed by atoms with van der Waals surface area (Å²) in [5.41, 5.74) is 0.851. The number of hydrogen-bond donors (Lipinski definition) is 2. The molecule has 0 aliphatic carbocycles. The molecule has 0 aromatic carbocycles. The molecule has 2 aromatic rings. The van der Waals surface area contributed by atoms with Crippen LogP contribution in [0.25, 0.3) is 11.2 Å². The van der Waals surface area contributed by atoms with Crippen LogP contribution in [0.1, 0.15) is 13.8 Å². The summed E-state index contributed by atoms with van der Waals surface area (Å²) in [4.78, 5) is 33.1. The molecule has 0 fully saturated rings. The van der Waals surface area contributed by atoms with Crippen molar-refractivity contribution in [3.63, 3.8) is 0 Å². The number of nitrogens with zero attached hydrogens (tertiary/aromatic N) is 3. The summed E-state index contributed by atoms with van der Waals surface area (Å²) in [5, 5.41) is 2.53. The van der Waals surface area contributed by atoms with E-state index in [0.717, 1.165) is 0 Å². The summed E-state index contributed by atoms with van der Waals surface area (Å²) in [6.07, 6.45) is 4.73. The third-order valence-electron chi connectivity index (χ3n) is 3.01. The molecule has 8 heteroatoms. The van der Waals surface area contributed by atoms with Gasteiger partial charge in [0.05, 0.1) is 11.7 Å². The number of imidazole rings is 1. The normalized spacial score (nSPS) is 12.3. The molecule has 120 valence electrons. The van der Waals surface area contributed by atoms with E-state index in [1.807, 2.05) is 0 Å². The van der Waals surface area contributed by atoms with E-state index in [-0.39, 0.29) is 17.4 Å². The Bertz CT molecular complexity index is 873. The Kier molecular flexibility index (Phi) is 4.75. The highest BCUT2D eigenvalue weighted by molar-refractivity contribution is 5.75. The maximum absolute atomic E-state index is 11.6. The number of pyridine rings is 1. The Balaban J connectivity index is 2.30. The van der Waals surface area contributed by atoms with Gasteiger partial charge in [-0.15, -0.1) is 0 Å². The zero-order chi connectivity index (χ0) is 17.0. The Morgan fingerprint density at radius 3 is 2.91 bits per heavy atom. The Hall–Kier alpha value is -3.16. The summed E-state index contributed by atoms with van der Waals surface area (Å²) >= 11 is 0. The number of H-pyrrole nitrogens is 1. The highest BCUT2D eigenvalue weighted by Crippen LogP contribution is 2.18. The van der Waals surface area contributed by atoms with Crippen molar-refractivity contribution in [2.24, 2.45) is 12.0 Å². The monoisotopic (exact) mass is 315 g/mol. The minimum absolute atomic E-state index is 0.250. The van der Waals surface area contributed by atoms with E-state index < -0.39 is 0 Å². The van der Waals surface area contributed by atoms with Gasteiger partial charge in [-0.05, 0) is 19.7 Å². The van der Waals surface area contributed by atoms with Gasteiger partial charge in [-0.2, -0.15) is 0 Å².